The molecule has 0 atom stereocenters. The molecule has 40 heavy (non-hydrogen) atoms. The molecule has 3 aromatic heterocycles. The van der Waals surface area contributed by atoms with Gasteiger partial charge < -0.3 is 4.42 Å². The number of benzene rings is 5. The molecule has 0 amide bonds. The number of nitrogens with zero attached hydrogens (tertiary/aromatic N) is 4. The molecule has 0 aliphatic carbocycles. The highest BCUT2D eigenvalue weighted by atomic mass is 32.1. The lowest BCUT2D eigenvalue weighted by Gasteiger charge is -2.09. The molecule has 0 radical (unpaired) electrons. The third-order valence-corrected chi connectivity index (χ3v) is 8.11. The average Bonchev–Trinajstić information content (AvgIpc) is 3.63. The van der Waals surface area contributed by atoms with Gasteiger partial charge >= 0.3 is 0 Å². The third kappa shape index (κ3) is 3.85. The van der Waals surface area contributed by atoms with E-state index in [1.165, 1.54) is 14.8 Å². The molecule has 0 aliphatic heterocycles. The summed E-state index contributed by atoms with van der Waals surface area (Å²) in [6, 6.07) is 40.7. The van der Waals surface area contributed by atoms with E-state index in [9.17, 15) is 0 Å². The molecule has 188 valence electrons. The highest BCUT2D eigenvalue weighted by molar-refractivity contribution is 7.25. The molecular formula is C34H20N4OS. The number of rotatable bonds is 4. The lowest BCUT2D eigenvalue weighted by atomic mass is 10.1. The first-order valence-corrected chi connectivity index (χ1v) is 13.8. The molecule has 6 heteroatoms. The van der Waals surface area contributed by atoms with Gasteiger partial charge in [0.25, 0.3) is 0 Å². The fourth-order valence-electron chi connectivity index (χ4n) is 5.07. The van der Waals surface area contributed by atoms with Gasteiger partial charge in [-0.1, -0.05) is 78.9 Å². The molecule has 5 aromatic carbocycles. The van der Waals surface area contributed by atoms with Crippen molar-refractivity contribution >= 4 is 42.6 Å². The van der Waals surface area contributed by atoms with Gasteiger partial charge in [-0.3, -0.25) is 0 Å². The first kappa shape index (κ1) is 22.8. The van der Waals surface area contributed by atoms with Crippen LogP contribution in [0.4, 0.5) is 0 Å². The van der Waals surface area contributed by atoms with Crippen molar-refractivity contribution in [3.63, 3.8) is 0 Å². The second-order valence-corrected chi connectivity index (χ2v) is 10.6. The van der Waals surface area contributed by atoms with Crippen LogP contribution in [0.3, 0.4) is 0 Å². The average molecular weight is 533 g/mol. The van der Waals surface area contributed by atoms with E-state index in [1.807, 2.05) is 78.9 Å². The molecule has 3 heterocycles. The Hall–Kier alpha value is -5.20. The minimum Gasteiger partial charge on any atom is -0.436 e. The van der Waals surface area contributed by atoms with E-state index < -0.39 is 0 Å². The molecule has 0 saturated carbocycles. The highest BCUT2D eigenvalue weighted by Gasteiger charge is 2.17. The van der Waals surface area contributed by atoms with Crippen LogP contribution >= 0.6 is 11.3 Å². The Morgan fingerprint density at radius 1 is 0.500 bits per heavy atom. The number of fused-ring (bicyclic) bond motifs is 4. The van der Waals surface area contributed by atoms with Gasteiger partial charge in [0, 0.05) is 42.4 Å². The Morgan fingerprint density at radius 2 is 1.18 bits per heavy atom. The zero-order chi connectivity index (χ0) is 26.5. The van der Waals surface area contributed by atoms with Gasteiger partial charge in [-0.2, -0.15) is 0 Å². The Bertz CT molecular complexity index is 2170. The smallest absolute Gasteiger partial charge is 0.227 e. The molecule has 0 unspecified atom stereocenters. The predicted molar refractivity (Wildman–Crippen MR) is 162 cm³/mol. The Labute approximate surface area is 233 Å². The SMILES string of the molecule is c1ccc(-c2nc(-c3ccc4nc(-c5ccccc5)oc4c3)nc(-c3cccc4sc5ccccc5c34)n2)cc1. The molecule has 0 spiro atoms. The number of oxazole rings is 1. The summed E-state index contributed by atoms with van der Waals surface area (Å²) in [6.45, 7) is 0. The zero-order valence-corrected chi connectivity index (χ0v) is 22.0. The minimum absolute atomic E-state index is 0.583. The van der Waals surface area contributed by atoms with Gasteiger partial charge in [-0.25, -0.2) is 19.9 Å². The van der Waals surface area contributed by atoms with E-state index in [0.29, 0.717) is 28.9 Å². The van der Waals surface area contributed by atoms with Gasteiger partial charge in [0.2, 0.25) is 5.89 Å². The van der Waals surface area contributed by atoms with Crippen molar-refractivity contribution in [2.24, 2.45) is 0 Å². The number of thiophene rings is 1. The topological polar surface area (TPSA) is 64.7 Å². The van der Waals surface area contributed by atoms with E-state index in [-0.39, 0.29) is 0 Å². The van der Waals surface area contributed by atoms with E-state index in [0.717, 1.165) is 33.2 Å². The summed E-state index contributed by atoms with van der Waals surface area (Å²) >= 11 is 1.78. The third-order valence-electron chi connectivity index (χ3n) is 6.98. The monoisotopic (exact) mass is 532 g/mol. The summed E-state index contributed by atoms with van der Waals surface area (Å²) in [5.74, 6) is 2.44. The van der Waals surface area contributed by atoms with Crippen LogP contribution in [0.15, 0.2) is 126 Å². The van der Waals surface area contributed by atoms with E-state index in [2.05, 4.69) is 47.4 Å². The van der Waals surface area contributed by atoms with E-state index in [1.54, 1.807) is 11.3 Å². The van der Waals surface area contributed by atoms with Crippen LogP contribution in [0, 0.1) is 0 Å². The summed E-state index contributed by atoms with van der Waals surface area (Å²) in [4.78, 5) is 19.6. The summed E-state index contributed by atoms with van der Waals surface area (Å²) in [5.41, 5.74) is 5.17. The van der Waals surface area contributed by atoms with Gasteiger partial charge in [0.1, 0.15) is 5.52 Å². The van der Waals surface area contributed by atoms with Crippen molar-refractivity contribution < 1.29 is 4.42 Å². The lowest BCUT2D eigenvalue weighted by molar-refractivity contribution is 0.620. The lowest BCUT2D eigenvalue weighted by Crippen LogP contribution is -2.00. The fraction of sp³-hybridized carbons (Fsp3) is 0. The van der Waals surface area contributed by atoms with Crippen LogP contribution < -0.4 is 0 Å². The quantitative estimate of drug-likeness (QED) is 0.226. The maximum absolute atomic E-state index is 6.16. The molecule has 0 N–H and O–H groups in total. The van der Waals surface area contributed by atoms with Crippen molar-refractivity contribution in [1.82, 2.24) is 19.9 Å². The maximum Gasteiger partial charge on any atom is 0.227 e. The van der Waals surface area contributed by atoms with Crippen LogP contribution in [0.1, 0.15) is 0 Å². The zero-order valence-electron chi connectivity index (χ0n) is 21.2. The standard InChI is InChI=1S/C34H20N4OS/c1-3-10-21(11-4-1)31-36-32(23-18-19-26-27(20-23)39-34(35-26)22-12-5-2-6-13-22)38-33(37-31)25-15-9-17-29-30(25)24-14-7-8-16-28(24)40-29/h1-20H. The Kier molecular flexibility index (Phi) is 5.24. The molecular weight excluding hydrogens is 512 g/mol. The van der Waals surface area contributed by atoms with E-state index in [4.69, 9.17) is 19.4 Å². The summed E-state index contributed by atoms with van der Waals surface area (Å²) in [7, 11) is 0. The van der Waals surface area contributed by atoms with Crippen molar-refractivity contribution in [3.05, 3.63) is 121 Å². The maximum atomic E-state index is 6.16. The Balaban J connectivity index is 1.33. The fourth-order valence-corrected chi connectivity index (χ4v) is 6.20. The van der Waals surface area contributed by atoms with Gasteiger partial charge in [-0.05, 0) is 42.5 Å². The summed E-state index contributed by atoms with van der Waals surface area (Å²) < 4.78 is 8.61. The van der Waals surface area contributed by atoms with Crippen molar-refractivity contribution in [2.45, 2.75) is 0 Å². The van der Waals surface area contributed by atoms with Crippen molar-refractivity contribution in [3.8, 4) is 45.6 Å². The van der Waals surface area contributed by atoms with Crippen molar-refractivity contribution in [2.75, 3.05) is 0 Å². The number of hydrogen-bond acceptors (Lipinski definition) is 6. The number of aromatic nitrogens is 4. The van der Waals surface area contributed by atoms with Crippen LogP contribution in [0.2, 0.25) is 0 Å². The number of hydrogen-bond donors (Lipinski definition) is 0. The largest absolute Gasteiger partial charge is 0.436 e. The van der Waals surface area contributed by atoms with Gasteiger partial charge in [0.15, 0.2) is 23.1 Å². The van der Waals surface area contributed by atoms with Crippen LogP contribution in [-0.4, -0.2) is 19.9 Å². The Morgan fingerprint density at radius 3 is 2.00 bits per heavy atom. The normalized spacial score (nSPS) is 11.5. The summed E-state index contributed by atoms with van der Waals surface area (Å²) in [6.07, 6.45) is 0. The molecule has 8 aromatic rings. The highest BCUT2D eigenvalue weighted by Crippen LogP contribution is 2.39. The van der Waals surface area contributed by atoms with Crippen LogP contribution in [0.5, 0.6) is 0 Å². The second-order valence-electron chi connectivity index (χ2n) is 9.52. The molecule has 0 saturated heterocycles. The van der Waals surface area contributed by atoms with Crippen molar-refractivity contribution in [1.29, 1.82) is 0 Å². The van der Waals surface area contributed by atoms with Crippen LogP contribution in [0.25, 0.3) is 76.9 Å². The minimum atomic E-state index is 0.583. The predicted octanol–water partition coefficient (Wildman–Crippen LogP) is 9.05. The molecule has 0 aliphatic rings. The molecule has 5 nitrogen and oxygen atoms in total. The molecule has 0 fully saturated rings. The van der Waals surface area contributed by atoms with Gasteiger partial charge in [0.05, 0.1) is 0 Å². The first-order valence-electron chi connectivity index (χ1n) is 13.0. The van der Waals surface area contributed by atoms with E-state index >= 15 is 0 Å². The molecule has 0 bridgehead atoms. The molecule has 8 rings (SSSR count). The van der Waals surface area contributed by atoms with Crippen LogP contribution in [-0.2, 0) is 0 Å². The second kappa shape index (κ2) is 9.22. The first-order chi connectivity index (χ1) is 19.8. The van der Waals surface area contributed by atoms with Gasteiger partial charge in [-0.15, -0.1) is 11.3 Å². The summed E-state index contributed by atoms with van der Waals surface area (Å²) in [5, 5.41) is 2.37.